The number of carbonyl (C=O) groups excluding carboxylic acids is 3. The van der Waals surface area contributed by atoms with E-state index in [0.29, 0.717) is 17.2 Å². The number of imide groups is 1. The van der Waals surface area contributed by atoms with E-state index < -0.39 is 0 Å². The lowest BCUT2D eigenvalue weighted by atomic mass is 9.76. The van der Waals surface area contributed by atoms with Gasteiger partial charge in [-0.3, -0.25) is 19.3 Å². The van der Waals surface area contributed by atoms with Crippen LogP contribution >= 0.6 is 0 Å². The molecule has 1 aliphatic carbocycles. The van der Waals surface area contributed by atoms with Crippen molar-refractivity contribution in [1.82, 2.24) is 0 Å². The van der Waals surface area contributed by atoms with Crippen LogP contribution in [0.1, 0.15) is 43.5 Å². The fourth-order valence-electron chi connectivity index (χ4n) is 3.51. The quantitative estimate of drug-likeness (QED) is 0.620. The molecule has 1 aromatic carbocycles. The molecular formula is C17H19NO3. The van der Waals surface area contributed by atoms with Crippen LogP contribution in [0.2, 0.25) is 0 Å². The topological polar surface area (TPSA) is 54.5 Å². The van der Waals surface area contributed by atoms with Crippen LogP contribution in [0.5, 0.6) is 0 Å². The second kappa shape index (κ2) is 5.10. The van der Waals surface area contributed by atoms with Gasteiger partial charge in [-0.25, -0.2) is 0 Å². The van der Waals surface area contributed by atoms with E-state index in [1.54, 1.807) is 24.3 Å². The Bertz CT molecular complexity index is 622. The average Bonchev–Trinajstić information content (AvgIpc) is 2.70. The lowest BCUT2D eigenvalue weighted by Gasteiger charge is -2.25. The fourth-order valence-corrected chi connectivity index (χ4v) is 3.51. The van der Waals surface area contributed by atoms with Crippen molar-refractivity contribution >= 4 is 23.3 Å². The van der Waals surface area contributed by atoms with Crippen LogP contribution in [0.15, 0.2) is 24.3 Å². The fraction of sp³-hybridized carbons (Fsp3) is 0.471. The number of anilines is 1. The van der Waals surface area contributed by atoms with E-state index in [-0.39, 0.29) is 29.4 Å². The minimum Gasteiger partial charge on any atom is -0.295 e. The van der Waals surface area contributed by atoms with Crippen LogP contribution in [0.4, 0.5) is 5.69 Å². The Labute approximate surface area is 124 Å². The predicted molar refractivity (Wildman–Crippen MR) is 78.9 cm³/mol. The van der Waals surface area contributed by atoms with Crippen molar-refractivity contribution in [2.45, 2.75) is 33.1 Å². The predicted octanol–water partition coefficient (Wildman–Crippen LogP) is 2.81. The van der Waals surface area contributed by atoms with E-state index in [1.165, 1.54) is 11.8 Å². The molecule has 0 radical (unpaired) electrons. The molecule has 2 amide bonds. The van der Waals surface area contributed by atoms with Crippen molar-refractivity contribution in [3.8, 4) is 0 Å². The molecule has 0 unspecified atom stereocenters. The van der Waals surface area contributed by atoms with Crippen LogP contribution in [0, 0.1) is 17.8 Å². The number of hydrogen-bond donors (Lipinski definition) is 0. The Morgan fingerprint density at radius 3 is 2.57 bits per heavy atom. The van der Waals surface area contributed by atoms with E-state index in [4.69, 9.17) is 0 Å². The summed E-state index contributed by atoms with van der Waals surface area (Å²) in [5.74, 6) is -0.125. The molecule has 0 bridgehead atoms. The number of benzene rings is 1. The molecule has 0 N–H and O–H groups in total. The summed E-state index contributed by atoms with van der Waals surface area (Å²) in [7, 11) is 0. The highest BCUT2D eigenvalue weighted by atomic mass is 16.2. The first-order valence-corrected chi connectivity index (χ1v) is 7.48. The van der Waals surface area contributed by atoms with E-state index in [0.717, 1.165) is 19.3 Å². The normalized spacial score (nSPS) is 28.7. The van der Waals surface area contributed by atoms with Gasteiger partial charge in [-0.1, -0.05) is 19.1 Å². The molecule has 2 fully saturated rings. The van der Waals surface area contributed by atoms with Gasteiger partial charge < -0.3 is 0 Å². The van der Waals surface area contributed by atoms with Crippen LogP contribution in [0.25, 0.3) is 0 Å². The molecule has 2 aliphatic rings. The van der Waals surface area contributed by atoms with Gasteiger partial charge in [-0.05, 0) is 44.2 Å². The van der Waals surface area contributed by atoms with Gasteiger partial charge in [-0.15, -0.1) is 0 Å². The molecule has 21 heavy (non-hydrogen) atoms. The highest BCUT2D eigenvalue weighted by Gasteiger charge is 2.49. The zero-order valence-electron chi connectivity index (χ0n) is 12.3. The van der Waals surface area contributed by atoms with E-state index in [1.807, 2.05) is 0 Å². The molecule has 3 atom stereocenters. The van der Waals surface area contributed by atoms with Gasteiger partial charge >= 0.3 is 0 Å². The molecule has 110 valence electrons. The Kier molecular flexibility index (Phi) is 3.40. The van der Waals surface area contributed by atoms with Crippen LogP contribution in [-0.4, -0.2) is 17.6 Å². The molecule has 1 saturated carbocycles. The first kappa shape index (κ1) is 14.0. The minimum absolute atomic E-state index is 0.0676. The van der Waals surface area contributed by atoms with E-state index in [9.17, 15) is 14.4 Å². The third-order valence-electron chi connectivity index (χ3n) is 4.70. The largest absolute Gasteiger partial charge is 0.295 e. The monoisotopic (exact) mass is 285 g/mol. The summed E-state index contributed by atoms with van der Waals surface area (Å²) in [5, 5.41) is 0. The van der Waals surface area contributed by atoms with Crippen molar-refractivity contribution in [2.75, 3.05) is 4.90 Å². The van der Waals surface area contributed by atoms with Gasteiger partial charge in [0.25, 0.3) is 0 Å². The molecule has 1 heterocycles. The third-order valence-corrected chi connectivity index (χ3v) is 4.70. The summed E-state index contributed by atoms with van der Waals surface area (Å²) in [6.45, 7) is 3.61. The smallest absolute Gasteiger partial charge is 0.237 e. The summed E-state index contributed by atoms with van der Waals surface area (Å²) in [5.41, 5.74) is 1.05. The van der Waals surface area contributed by atoms with Crippen molar-refractivity contribution in [1.29, 1.82) is 0 Å². The molecule has 1 aliphatic heterocycles. The summed E-state index contributed by atoms with van der Waals surface area (Å²) in [4.78, 5) is 37.9. The molecule has 3 rings (SSSR count). The molecular weight excluding hydrogens is 266 g/mol. The Morgan fingerprint density at radius 1 is 1.14 bits per heavy atom. The van der Waals surface area contributed by atoms with Crippen molar-refractivity contribution in [3.63, 3.8) is 0 Å². The molecule has 1 saturated heterocycles. The molecule has 4 nitrogen and oxygen atoms in total. The van der Waals surface area contributed by atoms with E-state index >= 15 is 0 Å². The number of nitrogens with zero attached hydrogens (tertiary/aromatic N) is 1. The highest BCUT2D eigenvalue weighted by Crippen LogP contribution is 2.42. The maximum Gasteiger partial charge on any atom is 0.237 e. The molecule has 4 heteroatoms. The zero-order chi connectivity index (χ0) is 15.1. The SMILES string of the molecule is CC(=O)c1cccc(N2C(=O)[C@@H]3CC[C@@H](C)C[C@H]3C2=O)c1. The standard InChI is InChI=1S/C17H19NO3/c1-10-6-7-14-15(8-10)17(21)18(16(14)20)13-5-3-4-12(9-13)11(2)19/h3-5,9-10,14-15H,6-8H2,1-2H3/t10-,14-,15-/m1/s1. The van der Waals surface area contributed by atoms with Crippen LogP contribution in [-0.2, 0) is 9.59 Å². The maximum absolute atomic E-state index is 12.6. The van der Waals surface area contributed by atoms with Gasteiger partial charge in [0.2, 0.25) is 11.8 Å². The van der Waals surface area contributed by atoms with Crippen molar-refractivity contribution in [2.24, 2.45) is 17.8 Å². The molecule has 0 aromatic heterocycles. The summed E-state index contributed by atoms with van der Waals surface area (Å²) in [6, 6.07) is 6.78. The molecule has 0 spiro atoms. The Morgan fingerprint density at radius 2 is 1.86 bits per heavy atom. The number of Topliss-reactive ketones (excluding diaryl/α,β-unsaturated/α-hetero) is 1. The van der Waals surface area contributed by atoms with Gasteiger partial charge in [0, 0.05) is 5.56 Å². The summed E-state index contributed by atoms with van der Waals surface area (Å²) >= 11 is 0. The van der Waals surface area contributed by atoms with E-state index in [2.05, 4.69) is 6.92 Å². The second-order valence-electron chi connectivity index (χ2n) is 6.25. The Hall–Kier alpha value is -1.97. The third kappa shape index (κ3) is 2.28. The minimum atomic E-state index is -0.178. The number of fused-ring (bicyclic) bond motifs is 1. The van der Waals surface area contributed by atoms with Crippen molar-refractivity contribution in [3.05, 3.63) is 29.8 Å². The number of amides is 2. The van der Waals surface area contributed by atoms with Crippen molar-refractivity contribution < 1.29 is 14.4 Å². The lowest BCUT2D eigenvalue weighted by Crippen LogP contribution is -2.31. The lowest BCUT2D eigenvalue weighted by molar-refractivity contribution is -0.122. The van der Waals surface area contributed by atoms with Gasteiger partial charge in [0.15, 0.2) is 5.78 Å². The van der Waals surface area contributed by atoms with Gasteiger partial charge in [0.1, 0.15) is 0 Å². The maximum atomic E-state index is 12.6. The number of ketones is 1. The second-order valence-corrected chi connectivity index (χ2v) is 6.25. The summed E-state index contributed by atoms with van der Waals surface area (Å²) < 4.78 is 0. The first-order valence-electron chi connectivity index (χ1n) is 7.48. The molecule has 1 aromatic rings. The number of rotatable bonds is 2. The zero-order valence-corrected chi connectivity index (χ0v) is 12.3. The van der Waals surface area contributed by atoms with Gasteiger partial charge in [-0.2, -0.15) is 0 Å². The van der Waals surface area contributed by atoms with Crippen LogP contribution in [0.3, 0.4) is 0 Å². The van der Waals surface area contributed by atoms with Gasteiger partial charge in [0.05, 0.1) is 17.5 Å². The summed E-state index contributed by atoms with van der Waals surface area (Å²) in [6.07, 6.45) is 2.58. The van der Waals surface area contributed by atoms with Crippen LogP contribution < -0.4 is 4.90 Å². The number of carbonyl (C=O) groups is 3. The Balaban J connectivity index is 1.95. The average molecular weight is 285 g/mol. The first-order chi connectivity index (χ1) is 9.99. The highest BCUT2D eigenvalue weighted by molar-refractivity contribution is 6.22. The number of hydrogen-bond acceptors (Lipinski definition) is 3.